The Morgan fingerprint density at radius 1 is 1.00 bits per heavy atom. The van der Waals surface area contributed by atoms with Gasteiger partial charge in [0.2, 0.25) is 10.0 Å². The van der Waals surface area contributed by atoms with E-state index < -0.39 is 10.0 Å². The predicted octanol–water partition coefficient (Wildman–Crippen LogP) is 3.66. The van der Waals surface area contributed by atoms with Gasteiger partial charge in [0.1, 0.15) is 0 Å². The largest absolute Gasteiger partial charge is 0.321 e. The smallest absolute Gasteiger partial charge is 0.265 e. The summed E-state index contributed by atoms with van der Waals surface area (Å²) in [6.07, 6.45) is 6.22. The van der Waals surface area contributed by atoms with E-state index in [1.54, 1.807) is 39.9 Å². The van der Waals surface area contributed by atoms with Gasteiger partial charge in [-0.05, 0) is 68.0 Å². The van der Waals surface area contributed by atoms with E-state index in [1.165, 1.54) is 16.9 Å². The maximum atomic E-state index is 12.7. The molecule has 2 aromatic rings. The van der Waals surface area contributed by atoms with Crippen LogP contribution in [0.15, 0.2) is 35.2 Å². The van der Waals surface area contributed by atoms with Crippen LogP contribution in [0, 0.1) is 0 Å². The average molecular weight is 391 g/mol. The number of rotatable bonds is 4. The molecule has 7 heteroatoms. The average Bonchev–Trinajstić information content (AvgIpc) is 3.25. The molecule has 26 heavy (non-hydrogen) atoms. The zero-order chi connectivity index (χ0) is 18.1. The molecule has 1 amide bonds. The molecule has 1 aliphatic carbocycles. The molecule has 0 atom stereocenters. The second kappa shape index (κ2) is 7.13. The number of anilines is 1. The van der Waals surface area contributed by atoms with Gasteiger partial charge in [-0.25, -0.2) is 8.42 Å². The summed E-state index contributed by atoms with van der Waals surface area (Å²) in [7, 11) is -3.43. The van der Waals surface area contributed by atoms with Crippen molar-refractivity contribution in [2.75, 3.05) is 18.4 Å². The van der Waals surface area contributed by atoms with Gasteiger partial charge in [-0.1, -0.05) is 6.42 Å². The molecule has 0 unspecified atom stereocenters. The number of nitrogens with one attached hydrogen (secondary N) is 1. The molecule has 1 aliphatic heterocycles. The molecule has 0 radical (unpaired) electrons. The first-order valence-electron chi connectivity index (χ1n) is 9.07. The van der Waals surface area contributed by atoms with Gasteiger partial charge in [0.25, 0.3) is 5.91 Å². The van der Waals surface area contributed by atoms with Crippen molar-refractivity contribution in [3.05, 3.63) is 45.6 Å². The second-order valence-corrected chi connectivity index (χ2v) is 9.93. The van der Waals surface area contributed by atoms with E-state index in [9.17, 15) is 13.2 Å². The highest BCUT2D eigenvalue weighted by Gasteiger charge is 2.26. The lowest BCUT2D eigenvalue weighted by Gasteiger charge is -2.25. The van der Waals surface area contributed by atoms with Gasteiger partial charge in [0.15, 0.2) is 0 Å². The summed E-state index contributed by atoms with van der Waals surface area (Å²) in [5.74, 6) is -0.129. The van der Waals surface area contributed by atoms with E-state index in [1.807, 2.05) is 6.07 Å². The van der Waals surface area contributed by atoms with Crippen LogP contribution in [0.1, 0.15) is 45.8 Å². The van der Waals surface area contributed by atoms with Crippen LogP contribution in [-0.2, 0) is 22.9 Å². The van der Waals surface area contributed by atoms with Gasteiger partial charge in [-0.2, -0.15) is 4.31 Å². The van der Waals surface area contributed by atoms with Crippen LogP contribution in [0.4, 0.5) is 5.69 Å². The molecule has 2 heterocycles. The Hall–Kier alpha value is -1.70. The van der Waals surface area contributed by atoms with Crippen molar-refractivity contribution in [3.8, 4) is 0 Å². The Morgan fingerprint density at radius 3 is 2.42 bits per heavy atom. The second-order valence-electron chi connectivity index (χ2n) is 6.86. The number of aryl methyl sites for hydroxylation is 2. The molecule has 1 saturated heterocycles. The van der Waals surface area contributed by atoms with E-state index in [0.29, 0.717) is 18.8 Å². The van der Waals surface area contributed by atoms with E-state index in [2.05, 4.69) is 5.32 Å². The zero-order valence-electron chi connectivity index (χ0n) is 14.5. The number of fused-ring (bicyclic) bond motifs is 1. The first-order chi connectivity index (χ1) is 12.5. The Kier molecular flexibility index (Phi) is 4.86. The summed E-state index contributed by atoms with van der Waals surface area (Å²) < 4.78 is 26.9. The van der Waals surface area contributed by atoms with E-state index >= 15 is 0 Å². The third-order valence-electron chi connectivity index (χ3n) is 5.04. The number of piperidine rings is 1. The van der Waals surface area contributed by atoms with Crippen molar-refractivity contribution < 1.29 is 13.2 Å². The molecule has 4 rings (SSSR count). The highest BCUT2D eigenvalue weighted by molar-refractivity contribution is 7.89. The van der Waals surface area contributed by atoms with Gasteiger partial charge >= 0.3 is 0 Å². The van der Waals surface area contributed by atoms with Crippen LogP contribution in [0.5, 0.6) is 0 Å². The third kappa shape index (κ3) is 3.43. The molecule has 1 aromatic heterocycles. The molecule has 1 N–H and O–H groups in total. The number of sulfonamides is 1. The molecule has 0 saturated carbocycles. The normalized spacial score (nSPS) is 17.8. The Labute approximate surface area is 158 Å². The van der Waals surface area contributed by atoms with Crippen LogP contribution in [0.3, 0.4) is 0 Å². The Balaban J connectivity index is 1.46. The van der Waals surface area contributed by atoms with Crippen molar-refractivity contribution in [1.29, 1.82) is 0 Å². The van der Waals surface area contributed by atoms with Gasteiger partial charge in [0, 0.05) is 23.7 Å². The lowest BCUT2D eigenvalue weighted by molar-refractivity contribution is 0.103. The molecule has 0 bridgehead atoms. The molecule has 138 valence electrons. The number of benzene rings is 1. The maximum Gasteiger partial charge on any atom is 0.265 e. The van der Waals surface area contributed by atoms with Gasteiger partial charge < -0.3 is 5.32 Å². The van der Waals surface area contributed by atoms with Crippen LogP contribution < -0.4 is 5.32 Å². The number of nitrogens with zero attached hydrogens (tertiary/aromatic N) is 1. The fourth-order valence-corrected chi connectivity index (χ4v) is 6.26. The van der Waals surface area contributed by atoms with Crippen LogP contribution in [-0.4, -0.2) is 31.7 Å². The standard InChI is InChI=1S/C19H22N2O3S2/c22-19(18-13-14-5-4-6-17(14)25-18)20-15-7-9-16(10-8-15)26(23,24)21-11-2-1-3-12-21/h7-10,13H,1-6,11-12H2,(H,20,22). The minimum atomic E-state index is -3.43. The van der Waals surface area contributed by atoms with Crippen molar-refractivity contribution in [3.63, 3.8) is 0 Å². The summed E-state index contributed by atoms with van der Waals surface area (Å²) in [5, 5.41) is 2.87. The van der Waals surface area contributed by atoms with E-state index in [0.717, 1.165) is 37.0 Å². The predicted molar refractivity (Wildman–Crippen MR) is 103 cm³/mol. The quantitative estimate of drug-likeness (QED) is 0.866. The Bertz CT molecular complexity index is 889. The summed E-state index contributed by atoms with van der Waals surface area (Å²) in [6, 6.07) is 8.46. The molecule has 2 aliphatic rings. The SMILES string of the molecule is O=C(Nc1ccc(S(=O)(=O)N2CCCCC2)cc1)c1cc2c(s1)CCC2. The fraction of sp³-hybridized carbons (Fsp3) is 0.421. The van der Waals surface area contributed by atoms with Crippen LogP contribution >= 0.6 is 11.3 Å². The summed E-state index contributed by atoms with van der Waals surface area (Å²) in [6.45, 7) is 1.17. The van der Waals surface area contributed by atoms with Gasteiger partial charge in [0.05, 0.1) is 9.77 Å². The molecule has 1 aromatic carbocycles. The molecular formula is C19H22N2O3S2. The van der Waals surface area contributed by atoms with E-state index in [4.69, 9.17) is 0 Å². The first-order valence-corrected chi connectivity index (χ1v) is 11.3. The van der Waals surface area contributed by atoms with Gasteiger partial charge in [-0.15, -0.1) is 11.3 Å². The number of hydrogen-bond donors (Lipinski definition) is 1. The zero-order valence-corrected chi connectivity index (χ0v) is 16.2. The van der Waals surface area contributed by atoms with E-state index in [-0.39, 0.29) is 10.8 Å². The third-order valence-corrected chi connectivity index (χ3v) is 8.18. The molecule has 5 nitrogen and oxygen atoms in total. The van der Waals surface area contributed by atoms with Crippen molar-refractivity contribution in [2.24, 2.45) is 0 Å². The highest BCUT2D eigenvalue weighted by Crippen LogP contribution is 2.31. The molecule has 0 spiro atoms. The summed E-state index contributed by atoms with van der Waals surface area (Å²) in [4.78, 5) is 14.7. The summed E-state index contributed by atoms with van der Waals surface area (Å²) >= 11 is 1.56. The van der Waals surface area contributed by atoms with Crippen LogP contribution in [0.25, 0.3) is 0 Å². The maximum absolute atomic E-state index is 12.7. The monoisotopic (exact) mass is 390 g/mol. The lowest BCUT2D eigenvalue weighted by Crippen LogP contribution is -2.35. The number of carbonyl (C=O) groups excluding carboxylic acids is 1. The number of hydrogen-bond acceptors (Lipinski definition) is 4. The fourth-order valence-electron chi connectivity index (χ4n) is 3.60. The van der Waals surface area contributed by atoms with Crippen molar-refractivity contribution in [1.82, 2.24) is 4.31 Å². The first kappa shape index (κ1) is 17.7. The van der Waals surface area contributed by atoms with Crippen LogP contribution in [0.2, 0.25) is 0 Å². The summed E-state index contributed by atoms with van der Waals surface area (Å²) in [5.41, 5.74) is 1.91. The van der Waals surface area contributed by atoms with Crippen molar-refractivity contribution in [2.45, 2.75) is 43.4 Å². The molecule has 1 fully saturated rings. The Morgan fingerprint density at radius 2 is 1.73 bits per heavy atom. The number of amides is 1. The minimum absolute atomic E-state index is 0.129. The lowest BCUT2D eigenvalue weighted by atomic mass is 10.2. The number of carbonyl (C=O) groups is 1. The highest BCUT2D eigenvalue weighted by atomic mass is 32.2. The minimum Gasteiger partial charge on any atom is -0.321 e. The van der Waals surface area contributed by atoms with Gasteiger partial charge in [-0.3, -0.25) is 4.79 Å². The number of thiophene rings is 1. The van der Waals surface area contributed by atoms with Crippen molar-refractivity contribution >= 4 is 33.0 Å². The molecular weight excluding hydrogens is 368 g/mol. The topological polar surface area (TPSA) is 66.5 Å².